The number of esters is 2. The normalized spacial score (nSPS) is 12.4. The first-order valence-electron chi connectivity index (χ1n) is 10.6. The number of carbonyl (C=O) groups is 5. The highest BCUT2D eigenvalue weighted by molar-refractivity contribution is 6.22. The van der Waals surface area contributed by atoms with Gasteiger partial charge in [-0.1, -0.05) is 18.2 Å². The number of rotatable bonds is 8. The molecule has 4 rings (SSSR count). The van der Waals surface area contributed by atoms with Crippen LogP contribution in [0, 0.1) is 0 Å². The van der Waals surface area contributed by atoms with E-state index in [4.69, 9.17) is 13.9 Å². The number of furan rings is 1. The maximum Gasteiger partial charge on any atom is 0.376 e. The number of fused-ring (bicyclic) bond motifs is 2. The quantitative estimate of drug-likeness (QED) is 0.298. The van der Waals surface area contributed by atoms with E-state index in [0.29, 0.717) is 11.0 Å². The average Bonchev–Trinajstić information content (AvgIpc) is 3.33. The number of para-hydroxylation sites is 1. The molecule has 1 aliphatic rings. The number of anilines is 1. The zero-order chi connectivity index (χ0) is 25.1. The van der Waals surface area contributed by atoms with Crippen molar-refractivity contribution in [3.8, 4) is 0 Å². The number of hydrogen-bond donors (Lipinski definition) is 1. The first-order chi connectivity index (χ1) is 16.8. The fraction of sp³-hybridized carbons (Fsp3) is 0.160. The highest BCUT2D eigenvalue weighted by atomic mass is 16.5. The molecule has 1 N–H and O–H groups in total. The van der Waals surface area contributed by atoms with Crippen molar-refractivity contribution in [2.45, 2.75) is 6.92 Å². The molecule has 3 amide bonds. The maximum atomic E-state index is 12.5. The van der Waals surface area contributed by atoms with Crippen molar-refractivity contribution < 1.29 is 37.9 Å². The molecular formula is C25H20N2O8. The van der Waals surface area contributed by atoms with Gasteiger partial charge in [0.1, 0.15) is 11.3 Å². The van der Waals surface area contributed by atoms with Gasteiger partial charge < -0.3 is 19.2 Å². The first-order valence-corrected chi connectivity index (χ1v) is 10.6. The van der Waals surface area contributed by atoms with Gasteiger partial charge in [-0.3, -0.25) is 19.3 Å². The number of nitrogens with zero attached hydrogens (tertiary/aromatic N) is 1. The Morgan fingerprint density at radius 1 is 1.03 bits per heavy atom. The summed E-state index contributed by atoms with van der Waals surface area (Å²) in [6.45, 7) is 4.64. The summed E-state index contributed by atoms with van der Waals surface area (Å²) in [5.41, 5.74) is 0.707. The number of benzene rings is 2. The van der Waals surface area contributed by atoms with E-state index in [-0.39, 0.29) is 41.3 Å². The zero-order valence-electron chi connectivity index (χ0n) is 18.7. The molecule has 2 heterocycles. The maximum absolute atomic E-state index is 12.5. The average molecular weight is 476 g/mol. The molecule has 10 heteroatoms. The number of nitrogens with one attached hydrogen (secondary N) is 1. The monoisotopic (exact) mass is 476 g/mol. The van der Waals surface area contributed by atoms with Gasteiger partial charge in [0.25, 0.3) is 17.7 Å². The van der Waals surface area contributed by atoms with E-state index >= 15 is 0 Å². The SMILES string of the molecule is C=CCN1C(=O)c2ccc(C(=O)OCC(=O)Nc3c(C(=O)OCC)oc4ccccc34)cc2C1=O. The van der Waals surface area contributed by atoms with Gasteiger partial charge in [-0.15, -0.1) is 6.58 Å². The van der Waals surface area contributed by atoms with Crippen molar-refractivity contribution >= 4 is 46.3 Å². The lowest BCUT2D eigenvalue weighted by molar-refractivity contribution is -0.119. The number of imide groups is 1. The molecule has 0 radical (unpaired) electrons. The smallest absolute Gasteiger partial charge is 0.376 e. The number of carbonyl (C=O) groups excluding carboxylic acids is 5. The number of amides is 3. The molecule has 0 fully saturated rings. The molecule has 3 aromatic rings. The van der Waals surface area contributed by atoms with Crippen LogP contribution in [0.3, 0.4) is 0 Å². The molecule has 0 spiro atoms. The Morgan fingerprint density at radius 3 is 2.51 bits per heavy atom. The largest absolute Gasteiger partial charge is 0.460 e. The van der Waals surface area contributed by atoms with Crippen LogP contribution in [0.25, 0.3) is 11.0 Å². The Bertz CT molecular complexity index is 1390. The lowest BCUT2D eigenvalue weighted by Gasteiger charge is -2.09. The van der Waals surface area contributed by atoms with Gasteiger partial charge >= 0.3 is 11.9 Å². The van der Waals surface area contributed by atoms with Crippen LogP contribution in [0.2, 0.25) is 0 Å². The highest BCUT2D eigenvalue weighted by Crippen LogP contribution is 2.31. The van der Waals surface area contributed by atoms with E-state index in [2.05, 4.69) is 11.9 Å². The molecule has 2 aromatic carbocycles. The Labute approximate surface area is 199 Å². The molecule has 1 aliphatic heterocycles. The zero-order valence-corrected chi connectivity index (χ0v) is 18.7. The molecule has 178 valence electrons. The third-order valence-electron chi connectivity index (χ3n) is 5.17. The van der Waals surface area contributed by atoms with Crippen LogP contribution >= 0.6 is 0 Å². The highest BCUT2D eigenvalue weighted by Gasteiger charge is 2.35. The molecule has 0 aliphatic carbocycles. The van der Waals surface area contributed by atoms with Crippen LogP contribution in [0.1, 0.15) is 48.6 Å². The Balaban J connectivity index is 1.47. The number of ether oxygens (including phenoxy) is 2. The summed E-state index contributed by atoms with van der Waals surface area (Å²) < 4.78 is 15.6. The van der Waals surface area contributed by atoms with Crippen molar-refractivity contribution in [1.29, 1.82) is 0 Å². The molecule has 0 atom stereocenters. The first kappa shape index (κ1) is 23.4. The molecule has 1 aromatic heterocycles. The second-order valence-electron chi connectivity index (χ2n) is 7.42. The summed E-state index contributed by atoms with van der Waals surface area (Å²) in [4.78, 5) is 63.0. The van der Waals surface area contributed by atoms with E-state index in [9.17, 15) is 24.0 Å². The summed E-state index contributed by atoms with van der Waals surface area (Å²) in [5, 5.41) is 3.00. The van der Waals surface area contributed by atoms with Crippen molar-refractivity contribution in [3.63, 3.8) is 0 Å². The van der Waals surface area contributed by atoms with Crippen LogP contribution in [0.4, 0.5) is 5.69 Å². The number of hydrogen-bond acceptors (Lipinski definition) is 8. The lowest BCUT2D eigenvalue weighted by Crippen LogP contribution is -2.29. The fourth-order valence-electron chi connectivity index (χ4n) is 3.61. The molecular weight excluding hydrogens is 456 g/mol. The minimum atomic E-state index is -0.868. The van der Waals surface area contributed by atoms with Gasteiger partial charge in [0.05, 0.1) is 23.3 Å². The van der Waals surface area contributed by atoms with Crippen LogP contribution < -0.4 is 5.32 Å². The Kier molecular flexibility index (Phi) is 6.45. The fourth-order valence-corrected chi connectivity index (χ4v) is 3.61. The minimum Gasteiger partial charge on any atom is -0.460 e. The van der Waals surface area contributed by atoms with Crippen LogP contribution in [0.5, 0.6) is 0 Å². The van der Waals surface area contributed by atoms with Gasteiger partial charge in [0.2, 0.25) is 5.76 Å². The summed E-state index contributed by atoms with van der Waals surface area (Å²) in [7, 11) is 0. The van der Waals surface area contributed by atoms with E-state index in [0.717, 1.165) is 4.90 Å². The van der Waals surface area contributed by atoms with Gasteiger partial charge in [0, 0.05) is 11.9 Å². The summed E-state index contributed by atoms with van der Waals surface area (Å²) in [6, 6.07) is 10.6. The summed E-state index contributed by atoms with van der Waals surface area (Å²) >= 11 is 0. The second kappa shape index (κ2) is 9.64. The van der Waals surface area contributed by atoms with E-state index in [1.54, 1.807) is 31.2 Å². The topological polar surface area (TPSA) is 132 Å². The second-order valence-corrected chi connectivity index (χ2v) is 7.42. The van der Waals surface area contributed by atoms with Crippen molar-refractivity contribution in [2.24, 2.45) is 0 Å². The Morgan fingerprint density at radius 2 is 1.77 bits per heavy atom. The van der Waals surface area contributed by atoms with Crippen LogP contribution in [-0.2, 0) is 14.3 Å². The van der Waals surface area contributed by atoms with Gasteiger partial charge in [-0.2, -0.15) is 0 Å². The predicted octanol–water partition coefficient (Wildman–Crippen LogP) is 3.19. The lowest BCUT2D eigenvalue weighted by atomic mass is 10.1. The van der Waals surface area contributed by atoms with Crippen LogP contribution in [-0.4, -0.2) is 54.3 Å². The van der Waals surface area contributed by atoms with Gasteiger partial charge in [0.15, 0.2) is 6.61 Å². The summed E-state index contributed by atoms with van der Waals surface area (Å²) in [5.74, 6) is -3.55. The van der Waals surface area contributed by atoms with E-state index in [1.165, 1.54) is 24.3 Å². The molecule has 0 saturated carbocycles. The molecule has 10 nitrogen and oxygen atoms in total. The molecule has 35 heavy (non-hydrogen) atoms. The van der Waals surface area contributed by atoms with E-state index in [1.807, 2.05) is 0 Å². The van der Waals surface area contributed by atoms with E-state index < -0.39 is 36.3 Å². The summed E-state index contributed by atoms with van der Waals surface area (Å²) in [6.07, 6.45) is 1.42. The van der Waals surface area contributed by atoms with Crippen molar-refractivity contribution in [1.82, 2.24) is 4.90 Å². The van der Waals surface area contributed by atoms with Crippen molar-refractivity contribution in [2.75, 3.05) is 25.1 Å². The predicted molar refractivity (Wildman–Crippen MR) is 123 cm³/mol. The van der Waals surface area contributed by atoms with Crippen LogP contribution in [0.15, 0.2) is 59.5 Å². The van der Waals surface area contributed by atoms with Crippen molar-refractivity contribution in [3.05, 3.63) is 77.6 Å². The molecule has 0 saturated heterocycles. The Hall–Kier alpha value is -4.73. The minimum absolute atomic E-state index is 0.000809. The van der Waals surface area contributed by atoms with Gasteiger partial charge in [-0.05, 0) is 37.3 Å². The third-order valence-corrected chi connectivity index (χ3v) is 5.17. The van der Waals surface area contributed by atoms with Gasteiger partial charge in [-0.25, -0.2) is 9.59 Å². The molecule has 0 unspecified atom stereocenters. The standard InChI is InChI=1S/C25H20N2O8/c1-3-11-27-22(29)15-10-9-14(12-17(15)23(27)30)24(31)34-13-19(28)26-20-16-7-5-6-8-18(16)35-21(20)25(32)33-4-2/h3,5-10,12H,1,4,11,13H2,2H3,(H,26,28). The third kappa shape index (κ3) is 4.41. The molecule has 0 bridgehead atoms.